The quantitative estimate of drug-likeness (QED) is 0.0320. The van der Waals surface area contributed by atoms with E-state index in [1.54, 1.807) is 6.08 Å². The number of aliphatic hydroxyl groups excluding tert-OH is 2. The predicted octanol–water partition coefficient (Wildman–Crippen LogP) is 23.9. The van der Waals surface area contributed by atoms with Gasteiger partial charge in [-0.1, -0.05) is 346 Å². The van der Waals surface area contributed by atoms with Crippen molar-refractivity contribution in [3.8, 4) is 0 Å². The van der Waals surface area contributed by atoms with Crippen molar-refractivity contribution in [2.24, 2.45) is 0 Å². The number of esters is 1. The number of nitrogens with one attached hydrogen (secondary N) is 1. The molecule has 0 spiro atoms. The highest BCUT2D eigenvalue weighted by molar-refractivity contribution is 5.76. The van der Waals surface area contributed by atoms with Crippen molar-refractivity contribution in [2.45, 2.75) is 418 Å². The molecule has 6 nitrogen and oxygen atoms in total. The number of unbranched alkanes of at least 4 members (excludes halogenated alkanes) is 54. The summed E-state index contributed by atoms with van der Waals surface area (Å²) < 4.78 is 5.50. The fraction of sp³-hybridized carbons (Fsp3) is 0.893. The van der Waals surface area contributed by atoms with Crippen molar-refractivity contribution in [2.75, 3.05) is 13.2 Å². The van der Waals surface area contributed by atoms with E-state index < -0.39 is 12.1 Å². The van der Waals surface area contributed by atoms with Gasteiger partial charge in [-0.05, 0) is 83.5 Å². The minimum absolute atomic E-state index is 0.00866. The summed E-state index contributed by atoms with van der Waals surface area (Å²) in [5.41, 5.74) is 0. The van der Waals surface area contributed by atoms with Crippen LogP contribution in [0, 0.1) is 0 Å². The maximum Gasteiger partial charge on any atom is 0.305 e. The number of rotatable bonds is 69. The Bertz CT molecular complexity index is 1310. The second-order valence-corrected chi connectivity index (χ2v) is 25.3. The Morgan fingerprint density at radius 3 is 0.877 bits per heavy atom. The first-order chi connectivity index (χ1) is 40.0. The maximum atomic E-state index is 12.5. The molecule has 2 atom stereocenters. The molecule has 2 unspecified atom stereocenters. The Labute approximate surface area is 506 Å². The van der Waals surface area contributed by atoms with E-state index in [0.717, 1.165) is 44.9 Å². The smallest absolute Gasteiger partial charge is 0.305 e. The average Bonchev–Trinajstić information content (AvgIpc) is 3.47. The summed E-state index contributed by atoms with van der Waals surface area (Å²) in [6.45, 7) is 4.94. The fourth-order valence-corrected chi connectivity index (χ4v) is 11.5. The Kier molecular flexibility index (Phi) is 68.9. The summed E-state index contributed by atoms with van der Waals surface area (Å²) >= 11 is 0. The zero-order valence-electron chi connectivity index (χ0n) is 54.8. The molecule has 0 aliphatic carbocycles. The first-order valence-corrected chi connectivity index (χ1v) is 36.8. The lowest BCUT2D eigenvalue weighted by Crippen LogP contribution is -2.45. The molecule has 0 heterocycles. The summed E-state index contributed by atoms with van der Waals surface area (Å²) in [6.07, 6.45) is 90.9. The number of aliphatic hydroxyl groups is 2. The topological polar surface area (TPSA) is 95.9 Å². The third-order valence-corrected chi connectivity index (χ3v) is 17.1. The number of hydrogen-bond donors (Lipinski definition) is 3. The molecule has 0 aliphatic rings. The van der Waals surface area contributed by atoms with E-state index in [0.29, 0.717) is 19.4 Å². The van der Waals surface area contributed by atoms with Crippen LogP contribution in [-0.4, -0.2) is 47.4 Å². The summed E-state index contributed by atoms with van der Waals surface area (Å²) in [5.74, 6) is -0.0557. The zero-order chi connectivity index (χ0) is 58.5. The first-order valence-electron chi connectivity index (χ1n) is 36.8. The lowest BCUT2D eigenvalue weighted by atomic mass is 10.0. The number of amides is 1. The molecule has 478 valence electrons. The molecule has 0 aromatic carbocycles. The summed E-state index contributed by atoms with van der Waals surface area (Å²) in [6, 6.07) is -0.629. The van der Waals surface area contributed by atoms with Crippen molar-refractivity contribution < 1.29 is 24.5 Å². The van der Waals surface area contributed by atoms with E-state index in [1.807, 2.05) is 6.08 Å². The maximum absolute atomic E-state index is 12.5. The van der Waals surface area contributed by atoms with Gasteiger partial charge in [0, 0.05) is 12.8 Å². The normalized spacial score (nSPS) is 12.7. The van der Waals surface area contributed by atoms with Crippen LogP contribution < -0.4 is 5.32 Å². The van der Waals surface area contributed by atoms with Crippen LogP contribution in [0.2, 0.25) is 0 Å². The molecule has 0 fully saturated rings. The molecular weight excluding hydrogens is 995 g/mol. The van der Waals surface area contributed by atoms with Crippen molar-refractivity contribution in [1.29, 1.82) is 0 Å². The largest absolute Gasteiger partial charge is 0.466 e. The molecule has 6 heteroatoms. The standard InChI is InChI=1S/C75H143NO5/c1-3-5-7-9-11-13-15-17-19-21-22-33-36-39-43-47-51-55-59-63-67-73(78)72(71-77)76-74(79)68-64-60-56-52-48-44-40-37-34-31-29-27-25-23-24-26-28-30-32-35-38-42-46-50-54-58-62-66-70-81-75(80)69-65-61-57-53-49-45-41-20-18-16-14-12-10-8-6-4-2/h20,23-24,41,63,67,72-73,77-78H,3-19,21-22,25-40,42-62,64-66,68-71H2,1-2H3,(H,76,79)/b24-23-,41-20-,67-63+. The minimum atomic E-state index is -0.846. The lowest BCUT2D eigenvalue weighted by molar-refractivity contribution is -0.143. The van der Waals surface area contributed by atoms with Crippen molar-refractivity contribution >= 4 is 11.9 Å². The van der Waals surface area contributed by atoms with Gasteiger partial charge in [-0.15, -0.1) is 0 Å². The predicted molar refractivity (Wildman–Crippen MR) is 356 cm³/mol. The summed E-state index contributed by atoms with van der Waals surface area (Å²) in [7, 11) is 0. The van der Waals surface area contributed by atoms with Crippen LogP contribution in [-0.2, 0) is 14.3 Å². The van der Waals surface area contributed by atoms with Crippen LogP contribution in [0.15, 0.2) is 36.5 Å². The second kappa shape index (κ2) is 70.6. The van der Waals surface area contributed by atoms with Crippen molar-refractivity contribution in [3.05, 3.63) is 36.5 Å². The monoisotopic (exact) mass is 1140 g/mol. The van der Waals surface area contributed by atoms with Gasteiger partial charge in [-0.25, -0.2) is 0 Å². The SMILES string of the molecule is CCCCCCCCC/C=C\CCCCCCCC(=O)OCCCCCCCCCCCCCC/C=C\CCCCCCCCCCCCCCC(=O)NC(CO)C(O)/C=C/CCCCCCCCCCCCCCCCCCCC. The van der Waals surface area contributed by atoms with Gasteiger partial charge in [-0.3, -0.25) is 9.59 Å². The van der Waals surface area contributed by atoms with Crippen LogP contribution >= 0.6 is 0 Å². The lowest BCUT2D eigenvalue weighted by Gasteiger charge is -2.20. The van der Waals surface area contributed by atoms with E-state index in [9.17, 15) is 19.8 Å². The number of carbonyl (C=O) groups is 2. The number of carbonyl (C=O) groups excluding carboxylic acids is 2. The van der Waals surface area contributed by atoms with E-state index in [2.05, 4.69) is 43.5 Å². The van der Waals surface area contributed by atoms with Crippen molar-refractivity contribution in [1.82, 2.24) is 5.32 Å². The van der Waals surface area contributed by atoms with Crippen molar-refractivity contribution in [3.63, 3.8) is 0 Å². The molecule has 81 heavy (non-hydrogen) atoms. The number of ether oxygens (including phenoxy) is 1. The van der Waals surface area contributed by atoms with Crippen LogP contribution in [0.1, 0.15) is 406 Å². The highest BCUT2D eigenvalue weighted by atomic mass is 16.5. The molecule has 0 aromatic heterocycles. The summed E-state index contributed by atoms with van der Waals surface area (Å²) in [4.78, 5) is 24.6. The molecule has 0 saturated heterocycles. The third kappa shape index (κ3) is 67.1. The number of hydrogen-bond acceptors (Lipinski definition) is 5. The minimum Gasteiger partial charge on any atom is -0.466 e. The Morgan fingerprint density at radius 1 is 0.333 bits per heavy atom. The summed E-state index contributed by atoms with van der Waals surface area (Å²) in [5, 5.41) is 23.2. The average molecular weight is 1140 g/mol. The Morgan fingerprint density at radius 2 is 0.580 bits per heavy atom. The molecule has 0 aromatic rings. The Hall–Kier alpha value is -1.92. The van der Waals surface area contributed by atoms with Gasteiger partial charge in [0.05, 0.1) is 25.4 Å². The first kappa shape index (κ1) is 79.1. The van der Waals surface area contributed by atoms with Crippen LogP contribution in [0.4, 0.5) is 0 Å². The molecule has 0 rings (SSSR count). The molecular formula is C75H143NO5. The molecule has 0 saturated carbocycles. The van der Waals surface area contributed by atoms with E-state index in [4.69, 9.17) is 4.74 Å². The second-order valence-electron chi connectivity index (χ2n) is 25.3. The van der Waals surface area contributed by atoms with E-state index in [-0.39, 0.29) is 18.5 Å². The van der Waals surface area contributed by atoms with Gasteiger partial charge in [0.25, 0.3) is 0 Å². The highest BCUT2D eigenvalue weighted by Crippen LogP contribution is 2.19. The molecule has 0 aliphatic heterocycles. The zero-order valence-corrected chi connectivity index (χ0v) is 54.8. The molecule has 0 radical (unpaired) electrons. The fourth-order valence-electron chi connectivity index (χ4n) is 11.5. The van der Waals surface area contributed by atoms with Crippen LogP contribution in [0.3, 0.4) is 0 Å². The van der Waals surface area contributed by atoms with Crippen LogP contribution in [0.25, 0.3) is 0 Å². The van der Waals surface area contributed by atoms with Gasteiger partial charge < -0.3 is 20.3 Å². The molecule has 3 N–H and O–H groups in total. The van der Waals surface area contributed by atoms with Gasteiger partial charge in [0.15, 0.2) is 0 Å². The van der Waals surface area contributed by atoms with Crippen LogP contribution in [0.5, 0.6) is 0 Å². The van der Waals surface area contributed by atoms with Gasteiger partial charge in [0.2, 0.25) is 5.91 Å². The van der Waals surface area contributed by atoms with E-state index in [1.165, 1.54) is 334 Å². The molecule has 1 amide bonds. The van der Waals surface area contributed by atoms with Gasteiger partial charge in [0.1, 0.15) is 0 Å². The van der Waals surface area contributed by atoms with E-state index >= 15 is 0 Å². The third-order valence-electron chi connectivity index (χ3n) is 17.1. The highest BCUT2D eigenvalue weighted by Gasteiger charge is 2.18. The van der Waals surface area contributed by atoms with Gasteiger partial charge >= 0.3 is 5.97 Å². The molecule has 0 bridgehead atoms. The van der Waals surface area contributed by atoms with Gasteiger partial charge in [-0.2, -0.15) is 0 Å². The Balaban J connectivity index is 3.40. The number of allylic oxidation sites excluding steroid dienone is 5.